The number of aromatic nitrogens is 3. The first kappa shape index (κ1) is 14.4. The molecule has 2 aromatic heterocycles. The Morgan fingerprint density at radius 1 is 1.13 bits per heavy atom. The molecular weight excluding hydrogens is 330 g/mol. The summed E-state index contributed by atoms with van der Waals surface area (Å²) in [7, 11) is 0. The molecule has 6 heteroatoms. The number of thioether (sulfide) groups is 1. The van der Waals surface area contributed by atoms with Crippen molar-refractivity contribution in [2.45, 2.75) is 5.16 Å². The van der Waals surface area contributed by atoms with Crippen molar-refractivity contribution in [3.63, 3.8) is 0 Å². The Balaban J connectivity index is 2.12. The highest BCUT2D eigenvalue weighted by molar-refractivity contribution is 7.98. The highest BCUT2D eigenvalue weighted by Crippen LogP contribution is 2.25. The number of hydrogen-bond donors (Lipinski definition) is 1. The van der Waals surface area contributed by atoms with Gasteiger partial charge in [-0.3, -0.25) is 9.36 Å². The number of H-pyrrole nitrogens is 1. The molecule has 0 spiro atoms. The zero-order valence-electron chi connectivity index (χ0n) is 12.2. The Morgan fingerprint density at radius 2 is 1.87 bits per heavy atom. The van der Waals surface area contributed by atoms with Gasteiger partial charge in [-0.15, -0.1) is 0 Å². The van der Waals surface area contributed by atoms with E-state index < -0.39 is 0 Å². The number of nitrogens with one attached hydrogen (secondary N) is 1. The molecule has 0 amide bonds. The van der Waals surface area contributed by atoms with Gasteiger partial charge in [0.1, 0.15) is 11.0 Å². The maximum absolute atomic E-state index is 13.0. The van der Waals surface area contributed by atoms with E-state index in [4.69, 9.17) is 16.6 Å². The number of halogens is 1. The van der Waals surface area contributed by atoms with E-state index in [0.717, 1.165) is 16.6 Å². The molecule has 1 N–H and O–H groups in total. The second-order valence-electron chi connectivity index (χ2n) is 5.11. The van der Waals surface area contributed by atoms with Gasteiger partial charge in [-0.1, -0.05) is 41.6 Å². The summed E-state index contributed by atoms with van der Waals surface area (Å²) in [6.45, 7) is 0. The number of para-hydroxylation sites is 1. The van der Waals surface area contributed by atoms with Crippen LogP contribution >= 0.6 is 23.4 Å². The largest absolute Gasteiger partial charge is 0.349 e. The molecule has 114 valence electrons. The lowest BCUT2D eigenvalue weighted by molar-refractivity contribution is 0.821. The fourth-order valence-electron chi connectivity index (χ4n) is 2.70. The summed E-state index contributed by atoms with van der Waals surface area (Å²) < 4.78 is 1.61. The molecule has 0 radical (unpaired) electrons. The highest BCUT2D eigenvalue weighted by Gasteiger charge is 2.16. The zero-order valence-corrected chi connectivity index (χ0v) is 13.8. The van der Waals surface area contributed by atoms with E-state index in [1.165, 1.54) is 11.8 Å². The fraction of sp³-hybridized carbons (Fsp3) is 0.0588. The number of benzene rings is 2. The number of fused-ring (bicyclic) bond motifs is 3. The summed E-state index contributed by atoms with van der Waals surface area (Å²) in [5.74, 6) is 0. The fourth-order valence-corrected chi connectivity index (χ4v) is 3.38. The predicted molar refractivity (Wildman–Crippen MR) is 96.0 cm³/mol. The lowest BCUT2D eigenvalue weighted by Gasteiger charge is -2.10. The molecule has 0 aliphatic carbocycles. The minimum atomic E-state index is -0.113. The second-order valence-corrected chi connectivity index (χ2v) is 6.32. The van der Waals surface area contributed by atoms with Gasteiger partial charge in [0.05, 0.1) is 5.69 Å². The van der Waals surface area contributed by atoms with Crippen LogP contribution in [0.25, 0.3) is 27.6 Å². The summed E-state index contributed by atoms with van der Waals surface area (Å²) in [6.07, 6.45) is 1.91. The molecule has 0 fully saturated rings. The molecule has 4 aromatic rings. The van der Waals surface area contributed by atoms with Gasteiger partial charge in [0, 0.05) is 15.9 Å². The van der Waals surface area contributed by atoms with Crippen molar-refractivity contribution >= 4 is 45.3 Å². The third kappa shape index (κ3) is 2.24. The number of nitrogens with zero attached hydrogens (tertiary/aromatic N) is 2. The third-order valence-electron chi connectivity index (χ3n) is 3.76. The molecule has 0 atom stereocenters. The molecule has 0 aliphatic heterocycles. The smallest absolute Gasteiger partial charge is 0.283 e. The Bertz CT molecular complexity index is 1080. The van der Waals surface area contributed by atoms with Crippen LogP contribution in [0.4, 0.5) is 0 Å². The van der Waals surface area contributed by atoms with Gasteiger partial charge in [0.25, 0.3) is 5.56 Å². The highest BCUT2D eigenvalue weighted by atomic mass is 35.5. The molecular formula is C17H12ClN3OS. The standard InChI is InChI=1S/C17H12ClN3OS/c1-23-17-20-14-12-4-2-3-5-13(12)19-15(14)16(22)21(17)11-8-6-10(18)7-9-11/h2-9,19H,1H3. The number of hydrogen-bond acceptors (Lipinski definition) is 3. The van der Waals surface area contributed by atoms with Crippen LogP contribution in [0.15, 0.2) is 58.5 Å². The maximum Gasteiger partial charge on any atom is 0.283 e. The Labute approximate surface area is 141 Å². The average Bonchev–Trinajstić information content (AvgIpc) is 2.95. The van der Waals surface area contributed by atoms with Crippen molar-refractivity contribution < 1.29 is 0 Å². The Hall–Kier alpha value is -2.24. The van der Waals surface area contributed by atoms with Gasteiger partial charge in [0.15, 0.2) is 5.16 Å². The summed E-state index contributed by atoms with van der Waals surface area (Å²) in [5.41, 5.74) is 2.77. The monoisotopic (exact) mass is 341 g/mol. The summed E-state index contributed by atoms with van der Waals surface area (Å²) >= 11 is 7.39. The minimum absolute atomic E-state index is 0.113. The normalized spacial score (nSPS) is 11.4. The van der Waals surface area contributed by atoms with E-state index in [2.05, 4.69) is 4.98 Å². The van der Waals surface area contributed by atoms with Gasteiger partial charge in [-0.05, 0) is 36.6 Å². The van der Waals surface area contributed by atoms with Crippen LogP contribution in [0.2, 0.25) is 5.02 Å². The molecule has 0 saturated heterocycles. The third-order valence-corrected chi connectivity index (χ3v) is 4.65. The molecule has 0 unspecified atom stereocenters. The predicted octanol–water partition coefficient (Wildman–Crippen LogP) is 4.24. The maximum atomic E-state index is 13.0. The zero-order chi connectivity index (χ0) is 16.0. The van der Waals surface area contributed by atoms with E-state index in [0.29, 0.717) is 21.2 Å². The molecule has 0 aliphatic rings. The van der Waals surface area contributed by atoms with E-state index in [-0.39, 0.29) is 5.56 Å². The molecule has 4 nitrogen and oxygen atoms in total. The molecule has 4 rings (SSSR count). The van der Waals surface area contributed by atoms with Crippen molar-refractivity contribution in [1.29, 1.82) is 0 Å². The Kier molecular flexibility index (Phi) is 3.39. The first-order chi connectivity index (χ1) is 11.2. The van der Waals surface area contributed by atoms with Crippen LogP contribution in [0, 0.1) is 0 Å². The van der Waals surface area contributed by atoms with Gasteiger partial charge >= 0.3 is 0 Å². The minimum Gasteiger partial charge on any atom is -0.349 e. The average molecular weight is 342 g/mol. The number of aromatic amines is 1. The van der Waals surface area contributed by atoms with E-state index >= 15 is 0 Å². The quantitative estimate of drug-likeness (QED) is 0.438. The van der Waals surface area contributed by atoms with Crippen LogP contribution in [-0.4, -0.2) is 20.8 Å². The second kappa shape index (κ2) is 5.44. The topological polar surface area (TPSA) is 50.7 Å². The molecule has 0 bridgehead atoms. The van der Waals surface area contributed by atoms with Crippen molar-refractivity contribution in [3.05, 3.63) is 63.9 Å². The lowest BCUT2D eigenvalue weighted by atomic mass is 10.2. The summed E-state index contributed by atoms with van der Waals surface area (Å²) in [6, 6.07) is 15.0. The van der Waals surface area contributed by atoms with E-state index in [9.17, 15) is 4.79 Å². The van der Waals surface area contributed by atoms with Crippen LogP contribution in [0.1, 0.15) is 0 Å². The Morgan fingerprint density at radius 3 is 2.61 bits per heavy atom. The van der Waals surface area contributed by atoms with Gasteiger partial charge < -0.3 is 4.98 Å². The van der Waals surface area contributed by atoms with Crippen molar-refractivity contribution in [1.82, 2.24) is 14.5 Å². The molecule has 23 heavy (non-hydrogen) atoms. The van der Waals surface area contributed by atoms with Gasteiger partial charge in [-0.25, -0.2) is 4.98 Å². The van der Waals surface area contributed by atoms with Crippen molar-refractivity contribution in [2.75, 3.05) is 6.26 Å². The summed E-state index contributed by atoms with van der Waals surface area (Å²) in [4.78, 5) is 20.9. The van der Waals surface area contributed by atoms with Crippen LogP contribution < -0.4 is 5.56 Å². The van der Waals surface area contributed by atoms with Gasteiger partial charge in [-0.2, -0.15) is 0 Å². The molecule has 2 aromatic carbocycles. The van der Waals surface area contributed by atoms with Crippen molar-refractivity contribution in [2.24, 2.45) is 0 Å². The molecule has 0 saturated carbocycles. The first-order valence-corrected chi connectivity index (χ1v) is 8.62. The van der Waals surface area contributed by atoms with Crippen LogP contribution in [-0.2, 0) is 0 Å². The van der Waals surface area contributed by atoms with Crippen LogP contribution in [0.3, 0.4) is 0 Å². The van der Waals surface area contributed by atoms with Crippen molar-refractivity contribution in [3.8, 4) is 5.69 Å². The van der Waals surface area contributed by atoms with E-state index in [1.54, 1.807) is 16.7 Å². The number of rotatable bonds is 2. The lowest BCUT2D eigenvalue weighted by Crippen LogP contribution is -2.21. The summed E-state index contributed by atoms with van der Waals surface area (Å²) in [5, 5.41) is 2.24. The van der Waals surface area contributed by atoms with E-state index in [1.807, 2.05) is 42.7 Å². The van der Waals surface area contributed by atoms with Crippen LogP contribution in [0.5, 0.6) is 0 Å². The SMILES string of the molecule is CSc1nc2c([nH]c3ccccc32)c(=O)n1-c1ccc(Cl)cc1. The molecule has 2 heterocycles. The van der Waals surface area contributed by atoms with Gasteiger partial charge in [0.2, 0.25) is 0 Å². The first-order valence-electron chi connectivity index (χ1n) is 7.02.